The minimum absolute atomic E-state index is 0.0778. The molecule has 0 aliphatic rings. The van der Waals surface area contributed by atoms with Crippen molar-refractivity contribution < 1.29 is 9.53 Å². The summed E-state index contributed by atoms with van der Waals surface area (Å²) >= 11 is 6.01. The molecule has 1 amide bonds. The Morgan fingerprint density at radius 2 is 2.16 bits per heavy atom. The van der Waals surface area contributed by atoms with E-state index in [-0.39, 0.29) is 11.9 Å². The summed E-state index contributed by atoms with van der Waals surface area (Å²) in [6, 6.07) is 7.66. The molecule has 0 saturated carbocycles. The second-order valence-corrected chi connectivity index (χ2v) is 5.02. The van der Waals surface area contributed by atoms with Crippen LogP contribution in [0, 0.1) is 0 Å². The van der Waals surface area contributed by atoms with Gasteiger partial charge in [0.1, 0.15) is 11.1 Å². The maximum absolute atomic E-state index is 11.9. The van der Waals surface area contributed by atoms with Crippen molar-refractivity contribution in [1.82, 2.24) is 5.32 Å². The van der Waals surface area contributed by atoms with E-state index in [2.05, 4.69) is 5.32 Å². The number of carbonyl (C=O) groups is 1. The van der Waals surface area contributed by atoms with Crippen LogP contribution in [0.1, 0.15) is 45.2 Å². The van der Waals surface area contributed by atoms with Crippen LogP contribution < -0.4 is 10.1 Å². The minimum Gasteiger partial charge on any atom is -0.494 e. The molecule has 0 bridgehead atoms. The van der Waals surface area contributed by atoms with E-state index < -0.39 is 5.38 Å². The standard InChI is InChI=1S/C15H22ClNO2/c1-4-7-14(16)15(18)17-11(3)12-8-6-9-13(10-12)19-5-2/h6,8-11,14H,4-5,7H2,1-3H3,(H,17,18)/t11-,14+/m0/s1. The van der Waals surface area contributed by atoms with Crippen molar-refractivity contribution in [3.05, 3.63) is 29.8 Å². The van der Waals surface area contributed by atoms with Crippen LogP contribution >= 0.6 is 11.6 Å². The van der Waals surface area contributed by atoms with Gasteiger partial charge in [-0.15, -0.1) is 11.6 Å². The monoisotopic (exact) mass is 283 g/mol. The van der Waals surface area contributed by atoms with Crippen molar-refractivity contribution in [2.24, 2.45) is 0 Å². The lowest BCUT2D eigenvalue weighted by Crippen LogP contribution is -2.33. The molecule has 2 atom stereocenters. The minimum atomic E-state index is -0.456. The molecule has 0 saturated heterocycles. The molecule has 1 aromatic carbocycles. The number of hydrogen-bond donors (Lipinski definition) is 1. The van der Waals surface area contributed by atoms with E-state index in [0.717, 1.165) is 17.7 Å². The molecule has 1 N–H and O–H groups in total. The van der Waals surface area contributed by atoms with E-state index in [1.54, 1.807) is 0 Å². The molecule has 0 aliphatic heterocycles. The summed E-state index contributed by atoms with van der Waals surface area (Å²) in [7, 11) is 0. The van der Waals surface area contributed by atoms with Crippen LogP contribution in [-0.2, 0) is 4.79 Å². The lowest BCUT2D eigenvalue weighted by Gasteiger charge is -2.17. The molecule has 0 radical (unpaired) electrons. The van der Waals surface area contributed by atoms with Crippen molar-refractivity contribution in [2.45, 2.75) is 45.0 Å². The van der Waals surface area contributed by atoms with Gasteiger partial charge in [-0.25, -0.2) is 0 Å². The smallest absolute Gasteiger partial charge is 0.238 e. The molecule has 0 aromatic heterocycles. The molecule has 1 aromatic rings. The predicted octanol–water partition coefficient (Wildman–Crippen LogP) is 3.67. The Hall–Kier alpha value is -1.22. The number of carbonyl (C=O) groups excluding carboxylic acids is 1. The SMILES string of the molecule is CCC[C@@H](Cl)C(=O)N[C@@H](C)c1cccc(OCC)c1. The van der Waals surface area contributed by atoms with E-state index in [1.165, 1.54) is 0 Å². The Labute approximate surface area is 120 Å². The van der Waals surface area contributed by atoms with E-state index >= 15 is 0 Å². The summed E-state index contributed by atoms with van der Waals surface area (Å²) in [6.45, 7) is 6.53. The highest BCUT2D eigenvalue weighted by Crippen LogP contribution is 2.19. The van der Waals surface area contributed by atoms with Gasteiger partial charge in [0.15, 0.2) is 0 Å². The second-order valence-electron chi connectivity index (χ2n) is 4.49. The van der Waals surface area contributed by atoms with Crippen molar-refractivity contribution in [3.8, 4) is 5.75 Å². The predicted molar refractivity (Wildman–Crippen MR) is 78.7 cm³/mol. The Morgan fingerprint density at radius 1 is 1.42 bits per heavy atom. The van der Waals surface area contributed by atoms with E-state index in [4.69, 9.17) is 16.3 Å². The maximum Gasteiger partial charge on any atom is 0.238 e. The lowest BCUT2D eigenvalue weighted by molar-refractivity contribution is -0.121. The molecular formula is C15H22ClNO2. The van der Waals surface area contributed by atoms with Crippen LogP contribution in [0.3, 0.4) is 0 Å². The maximum atomic E-state index is 11.9. The fourth-order valence-electron chi connectivity index (χ4n) is 1.81. The number of hydrogen-bond acceptors (Lipinski definition) is 2. The first-order valence-electron chi connectivity index (χ1n) is 6.75. The Morgan fingerprint density at radius 3 is 2.79 bits per heavy atom. The third-order valence-electron chi connectivity index (χ3n) is 2.85. The molecule has 0 fully saturated rings. The van der Waals surface area contributed by atoms with Crippen LogP contribution in [0.4, 0.5) is 0 Å². The number of nitrogens with one attached hydrogen (secondary N) is 1. The summed E-state index contributed by atoms with van der Waals surface area (Å²) in [5.74, 6) is 0.704. The largest absolute Gasteiger partial charge is 0.494 e. The number of benzene rings is 1. The van der Waals surface area contributed by atoms with Gasteiger partial charge in [0.25, 0.3) is 0 Å². The van der Waals surface area contributed by atoms with Gasteiger partial charge in [0.2, 0.25) is 5.91 Å². The number of halogens is 1. The quantitative estimate of drug-likeness (QED) is 0.776. The van der Waals surface area contributed by atoms with Gasteiger partial charge >= 0.3 is 0 Å². The van der Waals surface area contributed by atoms with E-state index in [9.17, 15) is 4.79 Å². The lowest BCUT2D eigenvalue weighted by atomic mass is 10.1. The third-order valence-corrected chi connectivity index (χ3v) is 3.27. The van der Waals surface area contributed by atoms with Gasteiger partial charge in [-0.2, -0.15) is 0 Å². The fourth-order valence-corrected chi connectivity index (χ4v) is 2.09. The Bertz CT molecular complexity index is 409. The summed E-state index contributed by atoms with van der Waals surface area (Å²) in [5, 5.41) is 2.47. The van der Waals surface area contributed by atoms with Crippen LogP contribution in [0.5, 0.6) is 5.75 Å². The van der Waals surface area contributed by atoms with Crippen LogP contribution in [0.25, 0.3) is 0 Å². The molecule has 4 heteroatoms. The normalized spacial score (nSPS) is 13.7. The second kappa shape index (κ2) is 8.05. The number of alkyl halides is 1. The number of amides is 1. The Balaban J connectivity index is 2.64. The average Bonchev–Trinajstić information content (AvgIpc) is 2.39. The third kappa shape index (κ3) is 5.11. The van der Waals surface area contributed by atoms with Crippen molar-refractivity contribution in [2.75, 3.05) is 6.61 Å². The van der Waals surface area contributed by atoms with E-state index in [0.29, 0.717) is 13.0 Å². The van der Waals surface area contributed by atoms with Gasteiger partial charge in [-0.1, -0.05) is 25.5 Å². The highest BCUT2D eigenvalue weighted by Gasteiger charge is 2.17. The van der Waals surface area contributed by atoms with Gasteiger partial charge < -0.3 is 10.1 Å². The first-order valence-corrected chi connectivity index (χ1v) is 7.19. The Kier molecular flexibility index (Phi) is 6.71. The summed E-state index contributed by atoms with van der Waals surface area (Å²) in [4.78, 5) is 11.9. The number of ether oxygens (including phenoxy) is 1. The average molecular weight is 284 g/mol. The molecule has 0 heterocycles. The molecule has 0 spiro atoms. The van der Waals surface area contributed by atoms with E-state index in [1.807, 2.05) is 45.0 Å². The highest BCUT2D eigenvalue weighted by atomic mass is 35.5. The fraction of sp³-hybridized carbons (Fsp3) is 0.533. The zero-order valence-electron chi connectivity index (χ0n) is 11.8. The highest BCUT2D eigenvalue weighted by molar-refractivity contribution is 6.30. The van der Waals surface area contributed by atoms with Crippen LogP contribution in [-0.4, -0.2) is 17.9 Å². The van der Waals surface area contributed by atoms with Gasteiger partial charge in [-0.05, 0) is 38.0 Å². The van der Waals surface area contributed by atoms with Gasteiger partial charge in [0, 0.05) is 0 Å². The molecular weight excluding hydrogens is 262 g/mol. The van der Waals surface area contributed by atoms with Gasteiger partial charge in [0.05, 0.1) is 12.6 Å². The molecule has 3 nitrogen and oxygen atoms in total. The zero-order valence-corrected chi connectivity index (χ0v) is 12.5. The molecule has 106 valence electrons. The zero-order chi connectivity index (χ0) is 14.3. The molecule has 0 aliphatic carbocycles. The van der Waals surface area contributed by atoms with Gasteiger partial charge in [-0.3, -0.25) is 4.79 Å². The van der Waals surface area contributed by atoms with Crippen molar-refractivity contribution >= 4 is 17.5 Å². The molecule has 1 rings (SSSR count). The molecule has 19 heavy (non-hydrogen) atoms. The summed E-state index contributed by atoms with van der Waals surface area (Å²) in [6.07, 6.45) is 1.59. The topological polar surface area (TPSA) is 38.3 Å². The van der Waals surface area contributed by atoms with Crippen LogP contribution in [0.2, 0.25) is 0 Å². The first-order chi connectivity index (χ1) is 9.08. The summed E-state index contributed by atoms with van der Waals surface area (Å²) in [5.41, 5.74) is 1.01. The summed E-state index contributed by atoms with van der Waals surface area (Å²) < 4.78 is 5.45. The van der Waals surface area contributed by atoms with Crippen molar-refractivity contribution in [1.29, 1.82) is 0 Å². The number of rotatable bonds is 7. The van der Waals surface area contributed by atoms with Crippen molar-refractivity contribution in [3.63, 3.8) is 0 Å². The molecule has 0 unspecified atom stereocenters. The van der Waals surface area contributed by atoms with Crippen LogP contribution in [0.15, 0.2) is 24.3 Å². The first kappa shape index (κ1) is 15.8.